The Hall–Kier alpha value is -2.50. The monoisotopic (exact) mass is 241 g/mol. The lowest BCUT2D eigenvalue weighted by atomic mass is 10.1. The smallest absolute Gasteiger partial charge is 0.239 e. The van der Waals surface area contributed by atoms with Crippen molar-refractivity contribution in [1.29, 1.82) is 0 Å². The molecule has 3 rings (SSSR count). The Morgan fingerprint density at radius 1 is 1.11 bits per heavy atom. The van der Waals surface area contributed by atoms with Crippen LogP contribution >= 0.6 is 0 Å². The third-order valence-corrected chi connectivity index (χ3v) is 2.81. The van der Waals surface area contributed by atoms with E-state index < -0.39 is 0 Å². The van der Waals surface area contributed by atoms with Crippen molar-refractivity contribution in [3.05, 3.63) is 41.5 Å². The van der Waals surface area contributed by atoms with Crippen LogP contribution in [0.1, 0.15) is 11.1 Å². The van der Waals surface area contributed by atoms with Gasteiger partial charge in [-0.3, -0.25) is 0 Å². The molecule has 90 valence electrons. The minimum atomic E-state index is 0.462. The minimum Gasteiger partial charge on any atom is -0.437 e. The number of aryl methyl sites for hydroxylation is 1. The lowest BCUT2D eigenvalue weighted by molar-refractivity contribution is 0.443. The Labute approximate surface area is 103 Å². The molecule has 0 aliphatic rings. The summed E-state index contributed by atoms with van der Waals surface area (Å²) in [5.41, 5.74) is 2.86. The SMILES string of the molecule is Cc1cccc(Oc2ccc3nnnn3n2)c1C. The summed E-state index contributed by atoms with van der Waals surface area (Å²) in [6.07, 6.45) is 0. The summed E-state index contributed by atoms with van der Waals surface area (Å²) < 4.78 is 7.07. The van der Waals surface area contributed by atoms with Crippen LogP contribution in [0.4, 0.5) is 0 Å². The number of tetrazole rings is 1. The summed E-state index contributed by atoms with van der Waals surface area (Å²) >= 11 is 0. The molecular weight excluding hydrogens is 230 g/mol. The Kier molecular flexibility index (Phi) is 2.40. The standard InChI is InChI=1S/C12H11N5O/c1-8-4-3-5-10(9(8)2)18-12-7-6-11-13-15-16-17(11)14-12/h3-7H,1-2H3. The molecule has 0 saturated heterocycles. The normalized spacial score (nSPS) is 10.8. The van der Waals surface area contributed by atoms with Gasteiger partial charge in [-0.1, -0.05) is 12.1 Å². The maximum Gasteiger partial charge on any atom is 0.239 e. The Morgan fingerprint density at radius 3 is 2.89 bits per heavy atom. The third-order valence-electron chi connectivity index (χ3n) is 2.81. The van der Waals surface area contributed by atoms with Crippen LogP contribution in [0, 0.1) is 13.8 Å². The van der Waals surface area contributed by atoms with Gasteiger partial charge in [-0.05, 0) is 47.5 Å². The fourth-order valence-electron chi connectivity index (χ4n) is 1.64. The molecule has 0 radical (unpaired) electrons. The number of aromatic nitrogens is 5. The topological polar surface area (TPSA) is 65.2 Å². The van der Waals surface area contributed by atoms with E-state index in [0.717, 1.165) is 11.3 Å². The molecule has 0 amide bonds. The molecule has 0 unspecified atom stereocenters. The van der Waals surface area contributed by atoms with Crippen LogP contribution in [0.25, 0.3) is 5.65 Å². The van der Waals surface area contributed by atoms with Gasteiger partial charge < -0.3 is 4.74 Å². The largest absolute Gasteiger partial charge is 0.437 e. The van der Waals surface area contributed by atoms with Crippen molar-refractivity contribution in [2.45, 2.75) is 13.8 Å². The lowest BCUT2D eigenvalue weighted by Gasteiger charge is -2.09. The Bertz CT molecular complexity index is 707. The fourth-order valence-corrected chi connectivity index (χ4v) is 1.64. The number of benzene rings is 1. The second kappa shape index (κ2) is 4.06. The molecule has 2 heterocycles. The molecule has 6 heteroatoms. The maximum atomic E-state index is 5.74. The third kappa shape index (κ3) is 1.77. The predicted molar refractivity (Wildman–Crippen MR) is 64.6 cm³/mol. The van der Waals surface area contributed by atoms with E-state index in [1.54, 1.807) is 12.1 Å². The summed E-state index contributed by atoms with van der Waals surface area (Å²) in [6, 6.07) is 9.40. The molecule has 0 spiro atoms. The zero-order valence-corrected chi connectivity index (χ0v) is 10.0. The van der Waals surface area contributed by atoms with Crippen molar-refractivity contribution < 1.29 is 4.74 Å². The quantitative estimate of drug-likeness (QED) is 0.685. The number of nitrogens with zero attached hydrogens (tertiary/aromatic N) is 5. The van der Waals surface area contributed by atoms with E-state index in [4.69, 9.17) is 4.74 Å². The zero-order valence-electron chi connectivity index (χ0n) is 10.0. The molecule has 18 heavy (non-hydrogen) atoms. The molecule has 6 nitrogen and oxygen atoms in total. The van der Waals surface area contributed by atoms with Gasteiger partial charge in [0.15, 0.2) is 5.65 Å². The van der Waals surface area contributed by atoms with E-state index in [1.165, 1.54) is 10.2 Å². The molecule has 0 aliphatic carbocycles. The first-order chi connectivity index (χ1) is 8.74. The van der Waals surface area contributed by atoms with Crippen molar-refractivity contribution in [2.75, 3.05) is 0 Å². The molecule has 0 aliphatic heterocycles. The summed E-state index contributed by atoms with van der Waals surface area (Å²) in [4.78, 5) is 0. The molecule has 3 aromatic rings. The van der Waals surface area contributed by atoms with Gasteiger partial charge in [0.05, 0.1) is 0 Å². The molecule has 0 N–H and O–H groups in total. The van der Waals surface area contributed by atoms with Gasteiger partial charge in [0.25, 0.3) is 0 Å². The van der Waals surface area contributed by atoms with Crippen LogP contribution in [-0.4, -0.2) is 25.3 Å². The number of hydrogen-bond acceptors (Lipinski definition) is 5. The van der Waals surface area contributed by atoms with Crippen molar-refractivity contribution in [3.8, 4) is 11.6 Å². The van der Waals surface area contributed by atoms with Gasteiger partial charge >= 0.3 is 0 Å². The summed E-state index contributed by atoms with van der Waals surface area (Å²) in [7, 11) is 0. The molecule has 0 fully saturated rings. The molecule has 0 atom stereocenters. The van der Waals surface area contributed by atoms with Gasteiger partial charge in [0.2, 0.25) is 5.88 Å². The zero-order chi connectivity index (χ0) is 12.5. The first kappa shape index (κ1) is 10.6. The minimum absolute atomic E-state index is 0.462. The highest BCUT2D eigenvalue weighted by Gasteiger charge is 2.06. The van der Waals surface area contributed by atoms with Crippen molar-refractivity contribution in [1.82, 2.24) is 25.3 Å². The number of ether oxygens (including phenoxy) is 1. The second-order valence-corrected chi connectivity index (χ2v) is 4.00. The van der Waals surface area contributed by atoms with E-state index in [1.807, 2.05) is 32.0 Å². The first-order valence-electron chi connectivity index (χ1n) is 5.53. The highest BCUT2D eigenvalue weighted by atomic mass is 16.5. The second-order valence-electron chi connectivity index (χ2n) is 4.00. The maximum absolute atomic E-state index is 5.74. The van der Waals surface area contributed by atoms with E-state index in [-0.39, 0.29) is 0 Å². The molecule has 2 aromatic heterocycles. The van der Waals surface area contributed by atoms with E-state index in [9.17, 15) is 0 Å². The fraction of sp³-hybridized carbons (Fsp3) is 0.167. The number of fused-ring (bicyclic) bond motifs is 1. The Balaban J connectivity index is 1.98. The predicted octanol–water partition coefficient (Wildman–Crippen LogP) is 1.93. The van der Waals surface area contributed by atoms with Crippen LogP contribution in [0.5, 0.6) is 11.6 Å². The number of hydrogen-bond donors (Lipinski definition) is 0. The average molecular weight is 241 g/mol. The van der Waals surface area contributed by atoms with Crippen LogP contribution in [0.2, 0.25) is 0 Å². The highest BCUT2D eigenvalue weighted by molar-refractivity contribution is 5.41. The summed E-state index contributed by atoms with van der Waals surface area (Å²) in [5, 5.41) is 15.2. The van der Waals surface area contributed by atoms with Gasteiger partial charge in [-0.2, -0.15) is 0 Å². The van der Waals surface area contributed by atoms with Crippen molar-refractivity contribution in [2.24, 2.45) is 0 Å². The first-order valence-corrected chi connectivity index (χ1v) is 5.53. The van der Waals surface area contributed by atoms with Crippen molar-refractivity contribution >= 4 is 5.65 Å². The van der Waals surface area contributed by atoms with Crippen molar-refractivity contribution in [3.63, 3.8) is 0 Å². The lowest BCUT2D eigenvalue weighted by Crippen LogP contribution is -1.98. The average Bonchev–Trinajstić information content (AvgIpc) is 2.82. The van der Waals surface area contributed by atoms with Crippen LogP contribution in [0.15, 0.2) is 30.3 Å². The number of rotatable bonds is 2. The Morgan fingerprint density at radius 2 is 2.00 bits per heavy atom. The van der Waals surface area contributed by atoms with Crippen LogP contribution < -0.4 is 4.74 Å². The summed E-state index contributed by atoms with van der Waals surface area (Å²) in [5.74, 6) is 1.25. The van der Waals surface area contributed by atoms with E-state index in [0.29, 0.717) is 11.5 Å². The highest BCUT2D eigenvalue weighted by Crippen LogP contribution is 2.25. The molecular formula is C12H11N5O. The van der Waals surface area contributed by atoms with Gasteiger partial charge in [0, 0.05) is 6.07 Å². The summed E-state index contributed by atoms with van der Waals surface area (Å²) in [6.45, 7) is 4.06. The van der Waals surface area contributed by atoms with Crippen LogP contribution in [0.3, 0.4) is 0 Å². The van der Waals surface area contributed by atoms with Gasteiger partial charge in [-0.15, -0.1) is 14.8 Å². The van der Waals surface area contributed by atoms with Gasteiger partial charge in [0.1, 0.15) is 5.75 Å². The molecule has 0 saturated carbocycles. The molecule has 1 aromatic carbocycles. The van der Waals surface area contributed by atoms with Crippen LogP contribution in [-0.2, 0) is 0 Å². The molecule has 0 bridgehead atoms. The van der Waals surface area contributed by atoms with E-state index in [2.05, 4.69) is 20.6 Å². The van der Waals surface area contributed by atoms with Gasteiger partial charge in [-0.25, -0.2) is 0 Å². The van der Waals surface area contributed by atoms with E-state index >= 15 is 0 Å².